The van der Waals surface area contributed by atoms with E-state index in [0.717, 1.165) is 0 Å². The van der Waals surface area contributed by atoms with Crippen molar-refractivity contribution in [2.24, 2.45) is 0 Å². The number of amides is 1. The van der Waals surface area contributed by atoms with Crippen LogP contribution in [0.2, 0.25) is 5.02 Å². The third kappa shape index (κ3) is 3.41. The van der Waals surface area contributed by atoms with Crippen molar-refractivity contribution >= 4 is 23.2 Å². The highest BCUT2D eigenvalue weighted by Crippen LogP contribution is 2.36. The fourth-order valence-electron chi connectivity index (χ4n) is 2.43. The van der Waals surface area contributed by atoms with Crippen LogP contribution in [0.4, 0.5) is 5.69 Å². The van der Waals surface area contributed by atoms with Crippen LogP contribution in [0.25, 0.3) is 0 Å². The van der Waals surface area contributed by atoms with Gasteiger partial charge >= 0.3 is 0 Å². The second-order valence-electron chi connectivity index (χ2n) is 5.43. The molecule has 0 saturated heterocycles. The number of hydrogen-bond donors (Lipinski definition) is 1. The van der Waals surface area contributed by atoms with Crippen LogP contribution in [0, 0.1) is 0 Å². The SMILES string of the molecule is O=C(Nc1ccc(Cl)cc1)c1cccnc1Oc1ccc2c(c1)OCO2. The van der Waals surface area contributed by atoms with E-state index in [2.05, 4.69) is 10.3 Å². The Morgan fingerprint density at radius 3 is 2.73 bits per heavy atom. The zero-order valence-electron chi connectivity index (χ0n) is 13.4. The number of aromatic nitrogens is 1. The summed E-state index contributed by atoms with van der Waals surface area (Å²) in [4.78, 5) is 16.8. The van der Waals surface area contributed by atoms with Gasteiger partial charge in [-0.05, 0) is 48.5 Å². The third-order valence-corrected chi connectivity index (χ3v) is 3.93. The Bertz CT molecular complexity index is 960. The zero-order chi connectivity index (χ0) is 17.9. The van der Waals surface area contributed by atoms with Gasteiger partial charge in [-0.25, -0.2) is 4.98 Å². The molecule has 0 unspecified atom stereocenters. The summed E-state index contributed by atoms with van der Waals surface area (Å²) in [5.41, 5.74) is 0.928. The zero-order valence-corrected chi connectivity index (χ0v) is 14.2. The molecule has 0 radical (unpaired) electrons. The summed E-state index contributed by atoms with van der Waals surface area (Å²) in [6.45, 7) is 0.178. The second-order valence-corrected chi connectivity index (χ2v) is 5.87. The number of ether oxygens (including phenoxy) is 3. The van der Waals surface area contributed by atoms with Crippen LogP contribution < -0.4 is 19.5 Å². The maximum absolute atomic E-state index is 12.6. The summed E-state index contributed by atoms with van der Waals surface area (Å²) in [6.07, 6.45) is 1.56. The number of fused-ring (bicyclic) bond motifs is 1. The quantitative estimate of drug-likeness (QED) is 0.733. The van der Waals surface area contributed by atoms with Crippen molar-refractivity contribution in [1.82, 2.24) is 4.98 Å². The molecule has 0 saturated carbocycles. The van der Waals surface area contributed by atoms with E-state index in [-0.39, 0.29) is 18.6 Å². The summed E-state index contributed by atoms with van der Waals surface area (Å²) in [5.74, 6) is 1.59. The Kier molecular flexibility index (Phi) is 4.33. The maximum atomic E-state index is 12.6. The molecule has 0 spiro atoms. The molecule has 3 aromatic rings. The summed E-state index contributed by atoms with van der Waals surface area (Å²) >= 11 is 5.86. The van der Waals surface area contributed by atoms with Gasteiger partial charge in [-0.3, -0.25) is 4.79 Å². The van der Waals surface area contributed by atoms with Gasteiger partial charge in [0.05, 0.1) is 0 Å². The third-order valence-electron chi connectivity index (χ3n) is 3.68. The van der Waals surface area contributed by atoms with Crippen LogP contribution in [0.15, 0.2) is 60.8 Å². The molecule has 7 heteroatoms. The van der Waals surface area contributed by atoms with Gasteiger partial charge < -0.3 is 19.5 Å². The minimum Gasteiger partial charge on any atom is -0.454 e. The minimum absolute atomic E-state index is 0.178. The van der Waals surface area contributed by atoms with E-state index in [1.807, 2.05) is 0 Å². The molecule has 1 aliphatic heterocycles. The van der Waals surface area contributed by atoms with Gasteiger partial charge in [0.2, 0.25) is 12.7 Å². The lowest BCUT2D eigenvalue weighted by Gasteiger charge is -2.11. The molecule has 0 atom stereocenters. The molecule has 2 aromatic carbocycles. The Hall–Kier alpha value is -3.25. The predicted molar refractivity (Wildman–Crippen MR) is 96.3 cm³/mol. The van der Waals surface area contributed by atoms with Gasteiger partial charge in [0.15, 0.2) is 11.5 Å². The number of carbonyl (C=O) groups excluding carboxylic acids is 1. The Balaban J connectivity index is 1.56. The van der Waals surface area contributed by atoms with Crippen LogP contribution in [-0.4, -0.2) is 17.7 Å². The van der Waals surface area contributed by atoms with E-state index in [4.69, 9.17) is 25.8 Å². The molecule has 4 rings (SSSR count). The van der Waals surface area contributed by atoms with Crippen LogP contribution >= 0.6 is 11.6 Å². The van der Waals surface area contributed by atoms with Crippen LogP contribution in [0.1, 0.15) is 10.4 Å². The van der Waals surface area contributed by atoms with Gasteiger partial charge in [-0.15, -0.1) is 0 Å². The molecule has 1 amide bonds. The largest absolute Gasteiger partial charge is 0.454 e. The molecule has 1 aliphatic rings. The normalized spacial score (nSPS) is 11.9. The van der Waals surface area contributed by atoms with E-state index in [1.54, 1.807) is 60.8 Å². The van der Waals surface area contributed by atoms with Gasteiger partial charge in [-0.1, -0.05) is 11.6 Å². The number of hydrogen-bond acceptors (Lipinski definition) is 5. The van der Waals surface area contributed by atoms with E-state index < -0.39 is 0 Å². The number of nitrogens with one attached hydrogen (secondary N) is 1. The lowest BCUT2D eigenvalue weighted by atomic mass is 10.2. The van der Waals surface area contributed by atoms with E-state index in [9.17, 15) is 4.79 Å². The first-order chi connectivity index (χ1) is 12.7. The Morgan fingerprint density at radius 1 is 1.08 bits per heavy atom. The average Bonchev–Trinajstić information content (AvgIpc) is 3.12. The topological polar surface area (TPSA) is 69.7 Å². The molecule has 1 aromatic heterocycles. The number of carbonyl (C=O) groups is 1. The highest BCUT2D eigenvalue weighted by molar-refractivity contribution is 6.30. The van der Waals surface area contributed by atoms with Gasteiger partial charge in [0.1, 0.15) is 11.3 Å². The van der Waals surface area contributed by atoms with Gasteiger partial charge in [0.25, 0.3) is 5.91 Å². The van der Waals surface area contributed by atoms with Crippen molar-refractivity contribution in [3.8, 4) is 23.1 Å². The van der Waals surface area contributed by atoms with Crippen LogP contribution in [0.3, 0.4) is 0 Å². The first-order valence-electron chi connectivity index (χ1n) is 7.78. The standard InChI is InChI=1S/C19H13ClN2O4/c20-12-3-5-13(6-4-12)22-18(23)15-2-1-9-21-19(15)26-14-7-8-16-17(10-14)25-11-24-16/h1-10H,11H2,(H,22,23). The molecule has 0 fully saturated rings. The van der Waals surface area contributed by atoms with E-state index in [1.165, 1.54) is 0 Å². The highest BCUT2D eigenvalue weighted by Gasteiger charge is 2.17. The number of nitrogens with zero attached hydrogens (tertiary/aromatic N) is 1. The second kappa shape index (κ2) is 6.93. The predicted octanol–water partition coefficient (Wildman–Crippen LogP) is 4.51. The highest BCUT2D eigenvalue weighted by atomic mass is 35.5. The Morgan fingerprint density at radius 2 is 1.88 bits per heavy atom. The van der Waals surface area contributed by atoms with Crippen molar-refractivity contribution in [3.05, 3.63) is 71.4 Å². The van der Waals surface area contributed by atoms with Crippen molar-refractivity contribution in [1.29, 1.82) is 0 Å². The summed E-state index contributed by atoms with van der Waals surface area (Å²) in [6, 6.07) is 15.3. The first-order valence-corrected chi connectivity index (χ1v) is 8.16. The molecule has 26 heavy (non-hydrogen) atoms. The smallest absolute Gasteiger partial charge is 0.261 e. The number of halogens is 1. The fourth-order valence-corrected chi connectivity index (χ4v) is 2.55. The number of pyridine rings is 1. The van der Waals surface area contributed by atoms with E-state index in [0.29, 0.717) is 33.5 Å². The molecule has 0 aliphatic carbocycles. The number of anilines is 1. The molecule has 6 nitrogen and oxygen atoms in total. The van der Waals surface area contributed by atoms with Gasteiger partial charge in [-0.2, -0.15) is 0 Å². The molecule has 1 N–H and O–H groups in total. The summed E-state index contributed by atoms with van der Waals surface area (Å²) in [7, 11) is 0. The molecule has 2 heterocycles. The van der Waals surface area contributed by atoms with Crippen molar-refractivity contribution in [2.45, 2.75) is 0 Å². The van der Waals surface area contributed by atoms with Crippen molar-refractivity contribution in [3.63, 3.8) is 0 Å². The molecular formula is C19H13ClN2O4. The van der Waals surface area contributed by atoms with Crippen molar-refractivity contribution in [2.75, 3.05) is 12.1 Å². The Labute approximate surface area is 154 Å². The number of rotatable bonds is 4. The maximum Gasteiger partial charge on any atom is 0.261 e. The van der Waals surface area contributed by atoms with Crippen LogP contribution in [0.5, 0.6) is 23.1 Å². The lowest BCUT2D eigenvalue weighted by Crippen LogP contribution is -2.13. The minimum atomic E-state index is -0.337. The average molecular weight is 369 g/mol. The summed E-state index contributed by atoms with van der Waals surface area (Å²) < 4.78 is 16.4. The van der Waals surface area contributed by atoms with Crippen molar-refractivity contribution < 1.29 is 19.0 Å². The van der Waals surface area contributed by atoms with Gasteiger partial charge in [0, 0.05) is 23.0 Å². The lowest BCUT2D eigenvalue weighted by molar-refractivity contribution is 0.102. The molecule has 130 valence electrons. The number of benzene rings is 2. The monoisotopic (exact) mass is 368 g/mol. The fraction of sp³-hybridized carbons (Fsp3) is 0.0526. The van der Waals surface area contributed by atoms with E-state index >= 15 is 0 Å². The van der Waals surface area contributed by atoms with Crippen LogP contribution in [-0.2, 0) is 0 Å². The first kappa shape index (κ1) is 16.2. The molecule has 0 bridgehead atoms. The summed E-state index contributed by atoms with van der Waals surface area (Å²) in [5, 5.41) is 3.38. The molecular weight excluding hydrogens is 356 g/mol.